The number of ether oxygens (including phenoxy) is 2. The lowest BCUT2D eigenvalue weighted by Crippen LogP contribution is -2.75. The van der Waals surface area contributed by atoms with E-state index in [0.29, 0.717) is 0 Å². The Labute approximate surface area is 318 Å². The summed E-state index contributed by atoms with van der Waals surface area (Å²) in [4.78, 5) is 2.05. The zero-order valence-electron chi connectivity index (χ0n) is 32.1. The summed E-state index contributed by atoms with van der Waals surface area (Å²) in [6.45, 7) is 24.1. The maximum Gasteiger partial charge on any atom is 0.129 e. The van der Waals surface area contributed by atoms with Gasteiger partial charge < -0.3 is 27.4 Å². The first kappa shape index (κ1) is 37.0. The van der Waals surface area contributed by atoms with Crippen LogP contribution in [0.3, 0.4) is 0 Å². The molecule has 0 N–H and O–H groups in total. The predicted molar refractivity (Wildman–Crippen MR) is 213 cm³/mol. The maximum absolute atomic E-state index is 6.16. The van der Waals surface area contributed by atoms with Crippen LogP contribution in [0.15, 0.2) is 60.7 Å². The van der Waals surface area contributed by atoms with Gasteiger partial charge in [0.05, 0.1) is 49.6 Å². The summed E-state index contributed by atoms with van der Waals surface area (Å²) in [5.74, 6) is 15.1. The van der Waals surface area contributed by atoms with Crippen LogP contribution in [0, 0.1) is 23.7 Å². The highest BCUT2D eigenvalue weighted by Crippen LogP contribution is 2.28. The number of nitrogens with zero attached hydrogens (tertiary/aromatic N) is 4. The number of likely N-dealkylation sites (N-methyl/N-ethyl adjacent to an activating group) is 1. The van der Waals surface area contributed by atoms with E-state index in [-0.39, 0.29) is 0 Å². The number of thiophene rings is 1. The summed E-state index contributed by atoms with van der Waals surface area (Å²) >= 11 is 1.64. The standard InChI is InChI=1S/C45H62N4O2S/c1-3-4-5-6-23-47-32-35-49(36-33-47,37-34-47)25-8-39-51-43-17-11-41(12-18-43)14-20-45-22-21-44(52-45)19-13-40-9-15-42(16-10-40)50-38-7-24-48-29-26-46(2,27-30-48)28-31-48/h9-12,15-18,21-22H,3-8,23-39H2,1-2H3/q+4. The van der Waals surface area contributed by atoms with Gasteiger partial charge in [0.1, 0.15) is 90.0 Å². The van der Waals surface area contributed by atoms with Gasteiger partial charge in [0.15, 0.2) is 0 Å². The van der Waals surface area contributed by atoms with Crippen molar-refractivity contribution in [3.8, 4) is 35.2 Å². The van der Waals surface area contributed by atoms with Gasteiger partial charge in [-0.25, -0.2) is 0 Å². The molecule has 1 aromatic heterocycles. The fourth-order valence-corrected chi connectivity index (χ4v) is 9.76. The molecular weight excluding hydrogens is 661 g/mol. The number of fused-ring (bicyclic) bond motifs is 6. The Hall–Kier alpha value is -3.30. The fourth-order valence-electron chi connectivity index (χ4n) is 9.04. The minimum Gasteiger partial charge on any atom is -0.493 e. The molecule has 0 aliphatic carbocycles. The van der Waals surface area contributed by atoms with E-state index in [1.807, 2.05) is 12.1 Å². The summed E-state index contributed by atoms with van der Waals surface area (Å²) in [6, 6.07) is 20.6. The molecule has 0 amide bonds. The van der Waals surface area contributed by atoms with Gasteiger partial charge in [0.2, 0.25) is 0 Å². The third kappa shape index (κ3) is 9.62. The second-order valence-electron chi connectivity index (χ2n) is 16.7. The van der Waals surface area contributed by atoms with Crippen LogP contribution < -0.4 is 9.47 Å². The van der Waals surface area contributed by atoms with Gasteiger partial charge in [0, 0.05) is 24.0 Å². The molecule has 0 atom stereocenters. The van der Waals surface area contributed by atoms with Crippen LogP contribution in [0.5, 0.6) is 11.5 Å². The van der Waals surface area contributed by atoms with Crippen molar-refractivity contribution < 1.29 is 27.4 Å². The third-order valence-corrected chi connectivity index (χ3v) is 14.0. The normalized spacial score (nSPS) is 27.3. The molecule has 4 bridgehead atoms. The number of unbranched alkanes of at least 4 members (excludes halogenated alkanes) is 3. The quantitative estimate of drug-likeness (QED) is 0.0999. The van der Waals surface area contributed by atoms with Gasteiger partial charge in [-0.1, -0.05) is 43.4 Å². The number of hydrogen-bond donors (Lipinski definition) is 0. The van der Waals surface area contributed by atoms with E-state index >= 15 is 0 Å². The Morgan fingerprint density at radius 1 is 0.481 bits per heavy atom. The summed E-state index contributed by atoms with van der Waals surface area (Å²) in [5, 5.41) is 0. The van der Waals surface area contributed by atoms with Crippen molar-refractivity contribution in [3.63, 3.8) is 0 Å². The summed E-state index contributed by atoms with van der Waals surface area (Å²) in [6.07, 6.45) is 7.81. The number of piperazine rings is 6. The van der Waals surface area contributed by atoms with Gasteiger partial charge >= 0.3 is 0 Å². The topological polar surface area (TPSA) is 18.5 Å². The fraction of sp³-hybridized carbons (Fsp3) is 0.556. The predicted octanol–water partition coefficient (Wildman–Crippen LogP) is 6.62. The molecule has 2 aromatic carbocycles. The molecule has 0 saturated carbocycles. The van der Waals surface area contributed by atoms with E-state index in [0.717, 1.165) is 58.4 Å². The maximum atomic E-state index is 6.16. The highest BCUT2D eigenvalue weighted by molar-refractivity contribution is 7.13. The molecule has 0 unspecified atom stereocenters. The Balaban J connectivity index is 0.795. The first-order valence-electron chi connectivity index (χ1n) is 20.3. The van der Waals surface area contributed by atoms with Crippen molar-refractivity contribution in [3.05, 3.63) is 81.5 Å². The number of quaternary nitrogens is 4. The first-order valence-corrected chi connectivity index (χ1v) is 21.2. The number of rotatable bonds is 15. The second kappa shape index (κ2) is 16.8. The summed E-state index contributed by atoms with van der Waals surface area (Å²) in [7, 11) is 2.43. The van der Waals surface area contributed by atoms with E-state index < -0.39 is 0 Å². The minimum atomic E-state index is 0.785. The molecular formula is C45H62N4O2S+4. The van der Waals surface area contributed by atoms with Crippen molar-refractivity contribution >= 4 is 11.3 Å². The smallest absolute Gasteiger partial charge is 0.129 e. The molecule has 6 nitrogen and oxygen atoms in total. The molecule has 3 aromatic rings. The molecule has 276 valence electrons. The lowest BCUT2D eigenvalue weighted by atomic mass is 10.0. The van der Waals surface area contributed by atoms with Crippen LogP contribution in [0.1, 0.15) is 66.3 Å². The van der Waals surface area contributed by atoms with Gasteiger partial charge in [-0.05, 0) is 73.5 Å². The van der Waals surface area contributed by atoms with Crippen molar-refractivity contribution in [1.29, 1.82) is 0 Å². The van der Waals surface area contributed by atoms with Crippen molar-refractivity contribution in [1.82, 2.24) is 0 Å². The van der Waals surface area contributed by atoms with Crippen LogP contribution >= 0.6 is 11.3 Å². The van der Waals surface area contributed by atoms with Crippen LogP contribution in [-0.2, 0) is 0 Å². The molecule has 6 fully saturated rings. The van der Waals surface area contributed by atoms with E-state index in [1.54, 1.807) is 11.3 Å². The zero-order valence-corrected chi connectivity index (χ0v) is 32.9. The van der Waals surface area contributed by atoms with Crippen molar-refractivity contribution in [2.75, 3.05) is 118 Å². The van der Waals surface area contributed by atoms with Gasteiger partial charge in [-0.15, -0.1) is 11.3 Å². The largest absolute Gasteiger partial charge is 0.493 e. The minimum absolute atomic E-state index is 0.785. The SMILES string of the molecule is CCCCCC[N+]12CC[N+](CCCOc3ccc(C#Cc4ccc(C#Cc5ccc(OCCC[N+]67CC[N+](C)(CC6)CC7)cc5)s4)cc3)(CC1)CC2. The molecule has 0 radical (unpaired) electrons. The zero-order chi connectivity index (χ0) is 35.7. The van der Waals surface area contributed by atoms with Crippen molar-refractivity contribution in [2.24, 2.45) is 0 Å². The Morgan fingerprint density at radius 2 is 0.885 bits per heavy atom. The molecule has 6 aliphatic rings. The third-order valence-electron chi connectivity index (χ3n) is 13.0. The molecule has 6 aliphatic heterocycles. The van der Waals surface area contributed by atoms with E-state index in [2.05, 4.69) is 86.2 Å². The lowest BCUT2D eigenvalue weighted by molar-refractivity contribution is -1.08. The molecule has 9 rings (SSSR count). The van der Waals surface area contributed by atoms with Crippen molar-refractivity contribution in [2.45, 2.75) is 45.4 Å². The van der Waals surface area contributed by atoms with Crippen LogP contribution in [0.25, 0.3) is 0 Å². The summed E-state index contributed by atoms with van der Waals surface area (Å²) in [5.41, 5.74) is 2.00. The van der Waals surface area contributed by atoms with Crippen LogP contribution in [-0.4, -0.2) is 136 Å². The van der Waals surface area contributed by atoms with Gasteiger partial charge in [-0.3, -0.25) is 0 Å². The van der Waals surface area contributed by atoms with Crippen LogP contribution in [0.4, 0.5) is 0 Å². The first-order chi connectivity index (χ1) is 25.4. The van der Waals surface area contributed by atoms with E-state index in [9.17, 15) is 0 Å². The lowest BCUT2D eigenvalue weighted by Gasteiger charge is -2.55. The average Bonchev–Trinajstić information content (AvgIpc) is 3.65. The molecule has 0 spiro atoms. The highest BCUT2D eigenvalue weighted by atomic mass is 32.1. The average molecular weight is 723 g/mol. The number of hydrogen-bond acceptors (Lipinski definition) is 3. The second-order valence-corrected chi connectivity index (χ2v) is 17.8. The molecule has 52 heavy (non-hydrogen) atoms. The highest BCUT2D eigenvalue weighted by Gasteiger charge is 2.48. The summed E-state index contributed by atoms with van der Waals surface area (Å²) < 4.78 is 17.6. The Kier molecular flexibility index (Phi) is 12.0. The van der Waals surface area contributed by atoms with E-state index in [4.69, 9.17) is 9.47 Å². The molecule has 6 saturated heterocycles. The van der Waals surface area contributed by atoms with E-state index in [1.165, 1.54) is 142 Å². The van der Waals surface area contributed by atoms with Gasteiger partial charge in [-0.2, -0.15) is 0 Å². The Morgan fingerprint density at radius 3 is 1.31 bits per heavy atom. The monoisotopic (exact) mass is 722 g/mol. The van der Waals surface area contributed by atoms with Gasteiger partial charge in [0.25, 0.3) is 0 Å². The Bertz CT molecular complexity index is 1690. The molecule has 7 heteroatoms. The van der Waals surface area contributed by atoms with Crippen LogP contribution in [0.2, 0.25) is 0 Å². The molecule has 7 heterocycles. The number of benzene rings is 2.